The van der Waals surface area contributed by atoms with E-state index in [0.717, 1.165) is 18.6 Å². The Kier molecular flexibility index (Phi) is 4.79. The highest BCUT2D eigenvalue weighted by atomic mass is 19.4. The number of nitrogens with one attached hydrogen (secondary N) is 3. The minimum absolute atomic E-state index is 0.0789. The number of hydrogen-bond acceptors (Lipinski definition) is 3. The second-order valence-electron chi connectivity index (χ2n) is 6.31. The zero-order valence-electron chi connectivity index (χ0n) is 14.1. The molecule has 0 saturated carbocycles. The third kappa shape index (κ3) is 2.88. The molecule has 1 aromatic carbocycles. The highest BCUT2D eigenvalue weighted by Crippen LogP contribution is 2.55. The van der Waals surface area contributed by atoms with E-state index in [4.69, 9.17) is 0 Å². The molecule has 1 atom stereocenters. The molecule has 0 bridgehead atoms. The number of aromatic nitrogens is 1. The van der Waals surface area contributed by atoms with Gasteiger partial charge in [-0.3, -0.25) is 4.79 Å². The lowest BCUT2D eigenvalue weighted by atomic mass is 9.68. The predicted molar refractivity (Wildman–Crippen MR) is 91.4 cm³/mol. The maximum Gasteiger partial charge on any atom is 0.402 e. The first-order chi connectivity index (χ1) is 12.3. The van der Waals surface area contributed by atoms with E-state index >= 15 is 0 Å². The van der Waals surface area contributed by atoms with Crippen molar-refractivity contribution >= 4 is 11.4 Å². The molecule has 0 fully saturated rings. The first-order valence-corrected chi connectivity index (χ1v) is 8.38. The Morgan fingerprint density at radius 2 is 1.92 bits per heavy atom. The summed E-state index contributed by atoms with van der Waals surface area (Å²) in [6.07, 6.45) is -3.09. The van der Waals surface area contributed by atoms with Gasteiger partial charge in [-0.2, -0.15) is 13.2 Å². The van der Waals surface area contributed by atoms with Gasteiger partial charge in [-0.15, -0.1) is 0 Å². The SMILES string of the molecule is CCCNCCC1(C(F)(F)F)c2cc(F)ccc2Nc2c1cc[nH]c2=O. The monoisotopic (exact) mass is 369 g/mol. The van der Waals surface area contributed by atoms with Crippen LogP contribution in [0.15, 0.2) is 35.3 Å². The maximum absolute atomic E-state index is 14.4. The van der Waals surface area contributed by atoms with Crippen molar-refractivity contribution in [1.82, 2.24) is 10.3 Å². The van der Waals surface area contributed by atoms with Crippen LogP contribution in [0, 0.1) is 5.82 Å². The lowest BCUT2D eigenvalue weighted by Gasteiger charge is -2.42. The number of halogens is 4. The van der Waals surface area contributed by atoms with E-state index in [2.05, 4.69) is 15.6 Å². The summed E-state index contributed by atoms with van der Waals surface area (Å²) in [4.78, 5) is 14.5. The Bertz CT molecular complexity index is 862. The van der Waals surface area contributed by atoms with E-state index < -0.39 is 23.0 Å². The summed E-state index contributed by atoms with van der Waals surface area (Å²) >= 11 is 0. The van der Waals surface area contributed by atoms with Crippen LogP contribution in [0.2, 0.25) is 0 Å². The molecule has 3 rings (SSSR count). The van der Waals surface area contributed by atoms with Crippen LogP contribution < -0.4 is 16.2 Å². The fourth-order valence-corrected chi connectivity index (χ4v) is 3.51. The number of alkyl halides is 3. The molecule has 2 aromatic rings. The van der Waals surface area contributed by atoms with Gasteiger partial charge in [-0.1, -0.05) is 6.92 Å². The van der Waals surface area contributed by atoms with Gasteiger partial charge in [0.25, 0.3) is 5.56 Å². The molecule has 140 valence electrons. The van der Waals surface area contributed by atoms with Gasteiger partial charge in [0.2, 0.25) is 0 Å². The van der Waals surface area contributed by atoms with Crippen molar-refractivity contribution in [1.29, 1.82) is 0 Å². The fourth-order valence-electron chi connectivity index (χ4n) is 3.51. The van der Waals surface area contributed by atoms with Crippen LogP contribution in [0.5, 0.6) is 0 Å². The molecule has 0 radical (unpaired) electrons. The number of benzene rings is 1. The van der Waals surface area contributed by atoms with Gasteiger partial charge in [0.1, 0.15) is 16.9 Å². The molecule has 3 N–H and O–H groups in total. The minimum atomic E-state index is -4.71. The number of fused-ring (bicyclic) bond motifs is 2. The number of anilines is 2. The molecule has 0 amide bonds. The van der Waals surface area contributed by atoms with Crippen LogP contribution in [-0.2, 0) is 5.41 Å². The summed E-state index contributed by atoms with van der Waals surface area (Å²) < 4.78 is 57.2. The van der Waals surface area contributed by atoms with Crippen LogP contribution in [0.3, 0.4) is 0 Å². The molecular weight excluding hydrogens is 350 g/mol. The fraction of sp³-hybridized carbons (Fsp3) is 0.389. The summed E-state index contributed by atoms with van der Waals surface area (Å²) in [5.41, 5.74) is -3.58. The number of hydrogen-bond donors (Lipinski definition) is 3. The van der Waals surface area contributed by atoms with Crippen LogP contribution in [0.1, 0.15) is 30.9 Å². The van der Waals surface area contributed by atoms with E-state index in [1.165, 1.54) is 18.3 Å². The average molecular weight is 369 g/mol. The van der Waals surface area contributed by atoms with Gasteiger partial charge >= 0.3 is 6.18 Å². The molecule has 4 nitrogen and oxygen atoms in total. The Hall–Kier alpha value is -2.35. The van der Waals surface area contributed by atoms with Crippen molar-refractivity contribution in [2.75, 3.05) is 18.4 Å². The molecule has 0 saturated heterocycles. The third-order valence-electron chi connectivity index (χ3n) is 4.71. The average Bonchev–Trinajstić information content (AvgIpc) is 2.58. The van der Waals surface area contributed by atoms with Crippen LogP contribution >= 0.6 is 0 Å². The molecule has 2 heterocycles. The van der Waals surface area contributed by atoms with Crippen LogP contribution in [0.4, 0.5) is 28.9 Å². The summed E-state index contributed by atoms with van der Waals surface area (Å²) in [5, 5.41) is 5.70. The number of aromatic amines is 1. The highest BCUT2D eigenvalue weighted by Gasteiger charge is 2.60. The van der Waals surface area contributed by atoms with Gasteiger partial charge < -0.3 is 15.6 Å². The number of rotatable bonds is 5. The Labute approximate surface area is 147 Å². The Morgan fingerprint density at radius 1 is 1.15 bits per heavy atom. The van der Waals surface area contributed by atoms with Crippen LogP contribution in [0.25, 0.3) is 0 Å². The second-order valence-corrected chi connectivity index (χ2v) is 6.31. The summed E-state index contributed by atoms with van der Waals surface area (Å²) in [7, 11) is 0. The second kappa shape index (κ2) is 6.75. The lowest BCUT2D eigenvalue weighted by molar-refractivity contribution is -0.179. The first kappa shape index (κ1) is 18.4. The van der Waals surface area contributed by atoms with Crippen molar-refractivity contribution in [2.45, 2.75) is 31.4 Å². The molecule has 0 aliphatic carbocycles. The maximum atomic E-state index is 14.4. The van der Waals surface area contributed by atoms with Crippen molar-refractivity contribution in [2.24, 2.45) is 0 Å². The van der Waals surface area contributed by atoms with Gasteiger partial charge in [0.15, 0.2) is 0 Å². The van der Waals surface area contributed by atoms with Crippen molar-refractivity contribution in [3.63, 3.8) is 0 Å². The molecule has 1 aliphatic heterocycles. The standard InChI is InChI=1S/C18H19F4N3O/c1-2-7-23-9-6-17(18(20,21)22)12-5-8-24-16(26)15(12)25-14-4-3-11(19)10-13(14)17/h3-5,8,10,23,25H,2,6-7,9H2,1H3,(H,24,26). The van der Waals surface area contributed by atoms with E-state index in [-0.39, 0.29) is 35.5 Å². The summed E-state index contributed by atoms with van der Waals surface area (Å²) in [6, 6.07) is 4.45. The summed E-state index contributed by atoms with van der Waals surface area (Å²) in [5.74, 6) is -0.756. The summed E-state index contributed by atoms with van der Waals surface area (Å²) in [6.45, 7) is 2.57. The number of pyridine rings is 1. The normalized spacial score (nSPS) is 18.8. The largest absolute Gasteiger partial charge is 0.402 e. The van der Waals surface area contributed by atoms with Crippen molar-refractivity contribution in [3.8, 4) is 0 Å². The highest BCUT2D eigenvalue weighted by molar-refractivity contribution is 5.75. The molecule has 1 unspecified atom stereocenters. The van der Waals surface area contributed by atoms with Crippen molar-refractivity contribution in [3.05, 3.63) is 57.8 Å². The number of H-pyrrole nitrogens is 1. The quantitative estimate of drug-likeness (QED) is 0.555. The van der Waals surface area contributed by atoms with E-state index in [1.807, 2.05) is 6.92 Å². The van der Waals surface area contributed by atoms with Gasteiger partial charge in [-0.25, -0.2) is 4.39 Å². The van der Waals surface area contributed by atoms with Crippen LogP contribution in [-0.4, -0.2) is 24.2 Å². The third-order valence-corrected chi connectivity index (χ3v) is 4.71. The molecule has 8 heteroatoms. The smallest absolute Gasteiger partial charge is 0.351 e. The Balaban J connectivity index is 2.25. The molecule has 0 spiro atoms. The molecular formula is C18H19F4N3O. The minimum Gasteiger partial charge on any atom is -0.351 e. The van der Waals surface area contributed by atoms with Gasteiger partial charge in [-0.05, 0) is 55.8 Å². The van der Waals surface area contributed by atoms with E-state index in [9.17, 15) is 22.4 Å². The van der Waals surface area contributed by atoms with Crippen molar-refractivity contribution < 1.29 is 17.6 Å². The first-order valence-electron chi connectivity index (χ1n) is 8.38. The zero-order valence-corrected chi connectivity index (χ0v) is 14.1. The zero-order chi connectivity index (χ0) is 18.9. The van der Waals surface area contributed by atoms with Gasteiger partial charge in [0.05, 0.1) is 0 Å². The molecule has 26 heavy (non-hydrogen) atoms. The van der Waals surface area contributed by atoms with E-state index in [1.54, 1.807) is 0 Å². The Morgan fingerprint density at radius 3 is 2.62 bits per heavy atom. The predicted octanol–water partition coefficient (Wildman–Crippen LogP) is 3.81. The topological polar surface area (TPSA) is 56.9 Å². The van der Waals surface area contributed by atoms with E-state index in [0.29, 0.717) is 6.54 Å². The van der Waals surface area contributed by atoms with Gasteiger partial charge in [0, 0.05) is 17.4 Å². The molecule has 1 aliphatic rings. The lowest BCUT2D eigenvalue weighted by Crippen LogP contribution is -2.48. The molecule has 1 aromatic heterocycles.